The summed E-state index contributed by atoms with van der Waals surface area (Å²) >= 11 is 0. The molecule has 1 fully saturated rings. The van der Waals surface area contributed by atoms with Crippen molar-refractivity contribution in [1.82, 2.24) is 4.98 Å². The summed E-state index contributed by atoms with van der Waals surface area (Å²) in [5.41, 5.74) is 7.12. The highest BCUT2D eigenvalue weighted by atomic mass is 16.5. The van der Waals surface area contributed by atoms with E-state index in [2.05, 4.69) is 18.8 Å². The normalized spacial score (nSPS) is 18.7. The monoisotopic (exact) mass is 206 g/mol. The van der Waals surface area contributed by atoms with Crippen molar-refractivity contribution in [3.63, 3.8) is 0 Å². The van der Waals surface area contributed by atoms with Crippen LogP contribution in [0, 0.1) is 0 Å². The second-order valence-electron chi connectivity index (χ2n) is 4.86. The lowest BCUT2D eigenvalue weighted by Gasteiger charge is -2.31. The molecular weight excluding hydrogens is 188 g/mol. The van der Waals surface area contributed by atoms with Crippen LogP contribution in [0.2, 0.25) is 0 Å². The van der Waals surface area contributed by atoms with Gasteiger partial charge in [-0.25, -0.2) is 0 Å². The van der Waals surface area contributed by atoms with E-state index in [1.807, 2.05) is 12.1 Å². The van der Waals surface area contributed by atoms with Crippen LogP contribution < -0.4 is 10.5 Å². The van der Waals surface area contributed by atoms with Crippen LogP contribution in [0.25, 0.3) is 0 Å². The molecule has 1 aromatic heterocycles. The summed E-state index contributed by atoms with van der Waals surface area (Å²) in [5, 5.41) is 0. The summed E-state index contributed by atoms with van der Waals surface area (Å²) in [6.45, 7) is 4.31. The molecule has 15 heavy (non-hydrogen) atoms. The molecule has 0 amide bonds. The molecule has 1 aliphatic rings. The van der Waals surface area contributed by atoms with E-state index in [0.717, 1.165) is 24.3 Å². The van der Waals surface area contributed by atoms with Gasteiger partial charge in [0.15, 0.2) is 0 Å². The van der Waals surface area contributed by atoms with Gasteiger partial charge in [-0.3, -0.25) is 4.98 Å². The predicted octanol–water partition coefficient (Wildman–Crippen LogP) is 1.86. The maximum Gasteiger partial charge on any atom is 0.122 e. The Morgan fingerprint density at radius 1 is 1.47 bits per heavy atom. The summed E-state index contributed by atoms with van der Waals surface area (Å²) < 4.78 is 5.20. The minimum absolute atomic E-state index is 0.0770. The predicted molar refractivity (Wildman–Crippen MR) is 60.0 cm³/mol. The highest BCUT2D eigenvalue weighted by molar-refractivity contribution is 5.32. The Bertz CT molecular complexity index is 370. The number of nitrogens with two attached hydrogens (primary N) is 1. The van der Waals surface area contributed by atoms with E-state index in [1.54, 1.807) is 13.3 Å². The van der Waals surface area contributed by atoms with Crippen LogP contribution in [0.15, 0.2) is 18.3 Å². The summed E-state index contributed by atoms with van der Waals surface area (Å²) in [4.78, 5) is 4.41. The van der Waals surface area contributed by atoms with E-state index in [4.69, 9.17) is 10.5 Å². The first-order valence-electron chi connectivity index (χ1n) is 5.29. The number of ether oxygens (including phenoxy) is 1. The number of hydrogen-bond donors (Lipinski definition) is 1. The minimum atomic E-state index is -0.0818. The molecule has 1 aromatic rings. The average molecular weight is 206 g/mol. The Morgan fingerprint density at radius 3 is 2.67 bits per heavy atom. The quantitative estimate of drug-likeness (QED) is 0.821. The third-order valence-electron chi connectivity index (χ3n) is 3.64. The lowest BCUT2D eigenvalue weighted by Crippen LogP contribution is -2.43. The molecule has 2 N–H and O–H groups in total. The first-order valence-corrected chi connectivity index (χ1v) is 5.29. The van der Waals surface area contributed by atoms with Crippen LogP contribution in [-0.4, -0.2) is 17.6 Å². The second kappa shape index (κ2) is 3.20. The average Bonchev–Trinajstić information content (AvgIpc) is 2.98. The van der Waals surface area contributed by atoms with Gasteiger partial charge in [0.1, 0.15) is 5.75 Å². The zero-order valence-electron chi connectivity index (χ0n) is 9.58. The van der Waals surface area contributed by atoms with Crippen LogP contribution in [0.1, 0.15) is 32.4 Å². The van der Waals surface area contributed by atoms with E-state index in [-0.39, 0.29) is 11.0 Å². The summed E-state index contributed by atoms with van der Waals surface area (Å²) in [5.74, 6) is 0.845. The molecule has 0 bridgehead atoms. The van der Waals surface area contributed by atoms with E-state index in [0.29, 0.717) is 0 Å². The van der Waals surface area contributed by atoms with E-state index in [9.17, 15) is 0 Å². The lowest BCUT2D eigenvalue weighted by atomic mass is 9.79. The standard InChI is InChI=1S/C12H18N2O/c1-11(2,12(13)5-6-12)10-8-9(15-3)4-7-14-10/h4,7-8H,5-6,13H2,1-3H3. The van der Waals surface area contributed by atoms with Crippen LogP contribution >= 0.6 is 0 Å². The fraction of sp³-hybridized carbons (Fsp3) is 0.583. The number of hydrogen-bond acceptors (Lipinski definition) is 3. The molecule has 0 spiro atoms. The number of pyridine rings is 1. The largest absolute Gasteiger partial charge is 0.497 e. The highest BCUT2D eigenvalue weighted by Gasteiger charge is 2.52. The fourth-order valence-electron chi connectivity index (χ4n) is 1.89. The molecule has 1 heterocycles. The second-order valence-corrected chi connectivity index (χ2v) is 4.86. The Kier molecular flexibility index (Phi) is 2.23. The molecule has 3 nitrogen and oxygen atoms in total. The van der Waals surface area contributed by atoms with Gasteiger partial charge in [0.05, 0.1) is 12.8 Å². The maximum atomic E-state index is 6.27. The van der Waals surface area contributed by atoms with Crippen LogP contribution in [0.3, 0.4) is 0 Å². The zero-order chi connectivity index (χ0) is 11.1. The topological polar surface area (TPSA) is 48.1 Å². The van der Waals surface area contributed by atoms with Crippen molar-refractivity contribution in [2.24, 2.45) is 5.73 Å². The SMILES string of the molecule is COc1ccnc(C(C)(C)C2(N)CC2)c1. The molecule has 0 aromatic carbocycles. The van der Waals surface area contributed by atoms with Gasteiger partial charge in [-0.1, -0.05) is 13.8 Å². The van der Waals surface area contributed by atoms with Gasteiger partial charge >= 0.3 is 0 Å². The maximum absolute atomic E-state index is 6.27. The first kappa shape index (κ1) is 10.4. The molecule has 0 aliphatic heterocycles. The Labute approximate surface area is 90.7 Å². The van der Waals surface area contributed by atoms with Crippen molar-refractivity contribution < 1.29 is 4.74 Å². The van der Waals surface area contributed by atoms with Crippen LogP contribution in [-0.2, 0) is 5.41 Å². The third-order valence-corrected chi connectivity index (χ3v) is 3.64. The summed E-state index contributed by atoms with van der Waals surface area (Å²) in [6, 6.07) is 3.84. The van der Waals surface area contributed by atoms with Crippen LogP contribution in [0.4, 0.5) is 0 Å². The van der Waals surface area contributed by atoms with Gasteiger partial charge in [0.25, 0.3) is 0 Å². The fourth-order valence-corrected chi connectivity index (χ4v) is 1.89. The number of nitrogens with zero attached hydrogens (tertiary/aromatic N) is 1. The van der Waals surface area contributed by atoms with Gasteiger partial charge in [0, 0.05) is 23.2 Å². The van der Waals surface area contributed by atoms with Crippen molar-refractivity contribution in [2.75, 3.05) is 7.11 Å². The van der Waals surface area contributed by atoms with Gasteiger partial charge < -0.3 is 10.5 Å². The number of methoxy groups -OCH3 is 1. The molecule has 2 rings (SSSR count). The van der Waals surface area contributed by atoms with Crippen molar-refractivity contribution in [3.05, 3.63) is 24.0 Å². The zero-order valence-corrected chi connectivity index (χ0v) is 9.58. The molecule has 0 unspecified atom stereocenters. The Hall–Kier alpha value is -1.09. The molecule has 0 saturated heterocycles. The molecule has 82 valence electrons. The van der Waals surface area contributed by atoms with E-state index < -0.39 is 0 Å². The number of aromatic nitrogens is 1. The van der Waals surface area contributed by atoms with Crippen LogP contribution in [0.5, 0.6) is 5.75 Å². The van der Waals surface area contributed by atoms with Gasteiger partial charge in [-0.05, 0) is 18.9 Å². The summed E-state index contributed by atoms with van der Waals surface area (Å²) in [7, 11) is 1.67. The lowest BCUT2D eigenvalue weighted by molar-refractivity contribution is 0.373. The van der Waals surface area contributed by atoms with Gasteiger partial charge in [0.2, 0.25) is 0 Å². The molecule has 3 heteroatoms. The van der Waals surface area contributed by atoms with Crippen molar-refractivity contribution >= 4 is 0 Å². The molecule has 0 radical (unpaired) electrons. The Morgan fingerprint density at radius 2 is 2.13 bits per heavy atom. The molecular formula is C12H18N2O. The van der Waals surface area contributed by atoms with E-state index >= 15 is 0 Å². The number of rotatable bonds is 3. The van der Waals surface area contributed by atoms with Crippen molar-refractivity contribution in [1.29, 1.82) is 0 Å². The summed E-state index contributed by atoms with van der Waals surface area (Å²) in [6.07, 6.45) is 3.94. The van der Waals surface area contributed by atoms with Gasteiger partial charge in [-0.2, -0.15) is 0 Å². The van der Waals surface area contributed by atoms with Crippen molar-refractivity contribution in [2.45, 2.75) is 37.6 Å². The molecule has 0 atom stereocenters. The molecule has 1 aliphatic carbocycles. The smallest absolute Gasteiger partial charge is 0.122 e. The minimum Gasteiger partial charge on any atom is -0.497 e. The highest BCUT2D eigenvalue weighted by Crippen LogP contribution is 2.48. The van der Waals surface area contributed by atoms with Crippen molar-refractivity contribution in [3.8, 4) is 5.75 Å². The molecule has 1 saturated carbocycles. The Balaban J connectivity index is 2.36. The van der Waals surface area contributed by atoms with E-state index in [1.165, 1.54) is 0 Å². The van der Waals surface area contributed by atoms with Gasteiger partial charge in [-0.15, -0.1) is 0 Å². The first-order chi connectivity index (χ1) is 6.99. The third kappa shape index (κ3) is 1.61.